The molecule has 2 aromatic rings. The molecular weight excluding hydrogens is 335 g/mol. The van der Waals surface area contributed by atoms with Gasteiger partial charge in [-0.2, -0.15) is 0 Å². The molecular formula is C22H25BN2O2. The van der Waals surface area contributed by atoms with Crippen molar-refractivity contribution in [2.24, 2.45) is 0 Å². The molecule has 0 amide bonds. The lowest BCUT2D eigenvalue weighted by Gasteiger charge is -2.39. The summed E-state index contributed by atoms with van der Waals surface area (Å²) >= 11 is 0. The summed E-state index contributed by atoms with van der Waals surface area (Å²) in [4.78, 5) is 2.30. The van der Waals surface area contributed by atoms with Crippen molar-refractivity contribution in [3.8, 4) is 0 Å². The first kappa shape index (κ1) is 16.9. The second-order valence-corrected chi connectivity index (χ2v) is 8.84. The van der Waals surface area contributed by atoms with E-state index in [9.17, 15) is 0 Å². The quantitative estimate of drug-likeness (QED) is 0.778. The fraction of sp³-hybridized carbons (Fsp3) is 0.364. The van der Waals surface area contributed by atoms with Gasteiger partial charge >= 0.3 is 7.12 Å². The summed E-state index contributed by atoms with van der Waals surface area (Å²) in [6.45, 7) is 10.6. The molecule has 1 N–H and O–H groups in total. The van der Waals surface area contributed by atoms with Crippen molar-refractivity contribution in [1.29, 1.82) is 0 Å². The van der Waals surface area contributed by atoms with Crippen LogP contribution >= 0.6 is 0 Å². The van der Waals surface area contributed by atoms with Crippen molar-refractivity contribution in [2.75, 3.05) is 10.2 Å². The van der Waals surface area contributed by atoms with E-state index in [-0.39, 0.29) is 24.0 Å². The minimum absolute atomic E-state index is 0.289. The number of hydrogen-bond donors (Lipinski definition) is 1. The molecule has 5 heteroatoms. The van der Waals surface area contributed by atoms with E-state index in [0.29, 0.717) is 0 Å². The molecule has 4 nitrogen and oxygen atoms in total. The van der Waals surface area contributed by atoms with E-state index in [1.165, 1.54) is 11.1 Å². The lowest BCUT2D eigenvalue weighted by Crippen LogP contribution is -2.44. The number of rotatable bonds is 1. The SMILES string of the molecule is CC12Nc3ccc(B4OC(C)(C)C(C)(C)O4)cc3N1C=Cc1ccccc12. The van der Waals surface area contributed by atoms with Crippen LogP contribution in [-0.4, -0.2) is 18.3 Å². The summed E-state index contributed by atoms with van der Waals surface area (Å²) in [6.07, 6.45) is 4.34. The number of anilines is 2. The Bertz CT molecular complexity index is 953. The zero-order chi connectivity index (χ0) is 19.0. The summed E-state index contributed by atoms with van der Waals surface area (Å²) in [5.74, 6) is 0. The van der Waals surface area contributed by atoms with Crippen LogP contribution in [0.2, 0.25) is 0 Å². The van der Waals surface area contributed by atoms with Gasteiger partial charge in [-0.15, -0.1) is 0 Å². The van der Waals surface area contributed by atoms with Crippen molar-refractivity contribution in [2.45, 2.75) is 51.5 Å². The number of fused-ring (bicyclic) bond motifs is 5. The number of benzene rings is 2. The third-order valence-electron chi connectivity index (χ3n) is 6.56. The molecule has 0 spiro atoms. The maximum absolute atomic E-state index is 6.25. The molecule has 2 aromatic carbocycles. The van der Waals surface area contributed by atoms with Crippen LogP contribution in [0, 0.1) is 0 Å². The molecule has 3 aliphatic heterocycles. The lowest BCUT2D eigenvalue weighted by molar-refractivity contribution is 0.00578. The average molecular weight is 360 g/mol. The Kier molecular flexibility index (Phi) is 3.24. The van der Waals surface area contributed by atoms with E-state index in [1.807, 2.05) is 0 Å². The maximum Gasteiger partial charge on any atom is 0.494 e. The number of hydrogen-bond acceptors (Lipinski definition) is 4. The third-order valence-corrected chi connectivity index (χ3v) is 6.56. The molecule has 27 heavy (non-hydrogen) atoms. The second kappa shape index (κ2) is 5.18. The van der Waals surface area contributed by atoms with Gasteiger partial charge in [-0.1, -0.05) is 30.3 Å². The fourth-order valence-corrected chi connectivity index (χ4v) is 4.21. The highest BCUT2D eigenvalue weighted by Gasteiger charge is 2.52. The second-order valence-electron chi connectivity index (χ2n) is 8.84. The maximum atomic E-state index is 6.25. The van der Waals surface area contributed by atoms with Gasteiger partial charge in [0.1, 0.15) is 5.66 Å². The van der Waals surface area contributed by atoms with Gasteiger partial charge in [0, 0.05) is 11.8 Å². The van der Waals surface area contributed by atoms with Gasteiger partial charge in [0.15, 0.2) is 0 Å². The van der Waals surface area contributed by atoms with Crippen molar-refractivity contribution >= 4 is 30.0 Å². The van der Waals surface area contributed by atoms with Gasteiger partial charge in [0.25, 0.3) is 0 Å². The highest BCUT2D eigenvalue weighted by Crippen LogP contribution is 2.48. The molecule has 1 fully saturated rings. The number of nitrogens with zero attached hydrogens (tertiary/aromatic N) is 1. The van der Waals surface area contributed by atoms with E-state index in [2.05, 4.69) is 99.6 Å². The van der Waals surface area contributed by atoms with Gasteiger partial charge in [-0.05, 0) is 63.9 Å². The molecule has 0 saturated carbocycles. The minimum atomic E-state index is -0.354. The summed E-state index contributed by atoms with van der Waals surface area (Å²) in [7, 11) is -0.354. The summed E-state index contributed by atoms with van der Waals surface area (Å²) in [6, 6.07) is 15.0. The molecule has 1 unspecified atom stereocenters. The predicted molar refractivity (Wildman–Crippen MR) is 111 cm³/mol. The van der Waals surface area contributed by atoms with Crippen LogP contribution in [-0.2, 0) is 15.0 Å². The molecule has 0 aromatic heterocycles. The smallest absolute Gasteiger partial charge is 0.399 e. The molecule has 3 heterocycles. The van der Waals surface area contributed by atoms with Crippen LogP contribution in [0.15, 0.2) is 48.7 Å². The molecule has 1 saturated heterocycles. The van der Waals surface area contributed by atoms with E-state index in [1.54, 1.807) is 0 Å². The topological polar surface area (TPSA) is 33.7 Å². The zero-order valence-electron chi connectivity index (χ0n) is 16.5. The van der Waals surface area contributed by atoms with E-state index in [0.717, 1.165) is 16.8 Å². The largest absolute Gasteiger partial charge is 0.494 e. The van der Waals surface area contributed by atoms with Gasteiger partial charge in [-0.3, -0.25) is 0 Å². The Hall–Kier alpha value is -2.24. The number of nitrogens with one attached hydrogen (secondary N) is 1. The standard InChI is InChI=1S/C22H25BN2O2/c1-20(2)21(3,4)27-23(26-20)16-10-11-18-19(14-16)25-13-12-15-8-6-7-9-17(15)22(25,5)24-18/h6-14,24H,1-5H3. The van der Waals surface area contributed by atoms with Gasteiger partial charge in [0.05, 0.1) is 22.6 Å². The monoisotopic (exact) mass is 360 g/mol. The third kappa shape index (κ3) is 2.25. The summed E-state index contributed by atoms with van der Waals surface area (Å²) < 4.78 is 12.5. The molecule has 0 aliphatic carbocycles. The first-order chi connectivity index (χ1) is 12.7. The van der Waals surface area contributed by atoms with Gasteiger partial charge < -0.3 is 19.5 Å². The van der Waals surface area contributed by atoms with Crippen LogP contribution < -0.4 is 15.7 Å². The molecule has 5 rings (SSSR count). The minimum Gasteiger partial charge on any atom is -0.399 e. The van der Waals surface area contributed by atoms with E-state index >= 15 is 0 Å². The van der Waals surface area contributed by atoms with Crippen molar-refractivity contribution in [1.82, 2.24) is 0 Å². The summed E-state index contributed by atoms with van der Waals surface area (Å²) in [5, 5.41) is 3.71. The Labute approximate surface area is 161 Å². The Morgan fingerprint density at radius 2 is 1.63 bits per heavy atom. The highest BCUT2D eigenvalue weighted by atomic mass is 16.7. The van der Waals surface area contributed by atoms with Gasteiger partial charge in [0.2, 0.25) is 0 Å². The fourth-order valence-electron chi connectivity index (χ4n) is 4.21. The van der Waals surface area contributed by atoms with E-state index < -0.39 is 0 Å². The molecule has 0 bridgehead atoms. The first-order valence-corrected chi connectivity index (χ1v) is 9.56. The van der Waals surface area contributed by atoms with Crippen LogP contribution in [0.4, 0.5) is 11.4 Å². The Balaban J connectivity index is 1.54. The van der Waals surface area contributed by atoms with Crippen LogP contribution in [0.5, 0.6) is 0 Å². The Morgan fingerprint density at radius 3 is 2.37 bits per heavy atom. The first-order valence-electron chi connectivity index (χ1n) is 9.56. The average Bonchev–Trinajstić information content (AvgIpc) is 3.03. The highest BCUT2D eigenvalue weighted by molar-refractivity contribution is 6.62. The normalized spacial score (nSPS) is 26.4. The Morgan fingerprint density at radius 1 is 0.926 bits per heavy atom. The molecule has 3 aliphatic rings. The zero-order valence-corrected chi connectivity index (χ0v) is 16.5. The summed E-state index contributed by atoms with van der Waals surface area (Å²) in [5.41, 5.74) is 4.88. The van der Waals surface area contributed by atoms with Crippen molar-refractivity contribution in [3.05, 3.63) is 59.8 Å². The lowest BCUT2D eigenvalue weighted by atomic mass is 9.78. The predicted octanol–water partition coefficient (Wildman–Crippen LogP) is 4.07. The van der Waals surface area contributed by atoms with Crippen molar-refractivity contribution < 1.29 is 9.31 Å². The van der Waals surface area contributed by atoms with Crippen LogP contribution in [0.25, 0.3) is 6.08 Å². The van der Waals surface area contributed by atoms with Crippen molar-refractivity contribution in [3.63, 3.8) is 0 Å². The van der Waals surface area contributed by atoms with E-state index in [4.69, 9.17) is 9.31 Å². The van der Waals surface area contributed by atoms with Crippen LogP contribution in [0.3, 0.4) is 0 Å². The van der Waals surface area contributed by atoms with Gasteiger partial charge in [-0.25, -0.2) is 0 Å². The van der Waals surface area contributed by atoms with Crippen LogP contribution in [0.1, 0.15) is 45.7 Å². The molecule has 0 radical (unpaired) electrons. The molecule has 138 valence electrons. The molecule has 1 atom stereocenters.